The highest BCUT2D eigenvalue weighted by Gasteiger charge is 2.25. The Hall–Kier alpha value is -2.93. The number of aromatic amines is 1. The summed E-state index contributed by atoms with van der Waals surface area (Å²) in [6.45, 7) is 1.57. The summed E-state index contributed by atoms with van der Waals surface area (Å²) in [4.78, 5) is 29.9. The van der Waals surface area contributed by atoms with Crippen LogP contribution < -0.4 is 15.0 Å². The molecule has 0 bridgehead atoms. The lowest BCUT2D eigenvalue weighted by atomic mass is 10.1. The minimum atomic E-state index is -0.255. The number of nitrogens with zero attached hydrogens (tertiary/aromatic N) is 1. The Balaban J connectivity index is 1.37. The van der Waals surface area contributed by atoms with Crippen molar-refractivity contribution in [3.63, 3.8) is 0 Å². The molecule has 0 spiro atoms. The summed E-state index contributed by atoms with van der Waals surface area (Å²) >= 11 is 1.85. The largest absolute Gasteiger partial charge is 0.454 e. The lowest BCUT2D eigenvalue weighted by molar-refractivity contribution is 0.0768. The van der Waals surface area contributed by atoms with Crippen LogP contribution in [0.3, 0.4) is 0 Å². The van der Waals surface area contributed by atoms with E-state index in [1.165, 1.54) is 11.6 Å². The van der Waals surface area contributed by atoms with Crippen molar-refractivity contribution < 1.29 is 14.3 Å². The Kier molecular flexibility index (Phi) is 4.67. The van der Waals surface area contributed by atoms with E-state index in [2.05, 4.69) is 11.1 Å². The summed E-state index contributed by atoms with van der Waals surface area (Å²) in [5.74, 6) is 2.33. The quantitative estimate of drug-likeness (QED) is 0.702. The van der Waals surface area contributed by atoms with Gasteiger partial charge in [-0.05, 0) is 30.2 Å². The first-order chi connectivity index (χ1) is 14.2. The first kappa shape index (κ1) is 18.1. The predicted molar refractivity (Wildman–Crippen MR) is 113 cm³/mol. The molecule has 1 saturated heterocycles. The van der Waals surface area contributed by atoms with Gasteiger partial charge in [0, 0.05) is 41.1 Å². The number of amides is 1. The summed E-state index contributed by atoms with van der Waals surface area (Å²) in [5.41, 5.74) is 2.09. The van der Waals surface area contributed by atoms with Gasteiger partial charge in [-0.3, -0.25) is 9.59 Å². The Morgan fingerprint density at radius 3 is 2.86 bits per heavy atom. The smallest absolute Gasteiger partial charge is 0.254 e. The monoisotopic (exact) mass is 408 g/mol. The van der Waals surface area contributed by atoms with Crippen LogP contribution >= 0.6 is 11.8 Å². The second-order valence-electron chi connectivity index (χ2n) is 7.15. The molecule has 1 amide bonds. The number of nitrogens with one attached hydrogen (secondary N) is 1. The molecule has 1 aromatic heterocycles. The van der Waals surface area contributed by atoms with Gasteiger partial charge in [-0.2, -0.15) is 11.8 Å². The molecule has 148 valence electrons. The molecule has 0 aliphatic carbocycles. The number of pyridine rings is 1. The first-order valence-corrected chi connectivity index (χ1v) is 10.7. The molecule has 1 unspecified atom stereocenters. The molecule has 1 N–H and O–H groups in total. The predicted octanol–water partition coefficient (Wildman–Crippen LogP) is 3.58. The van der Waals surface area contributed by atoms with Crippen LogP contribution in [0, 0.1) is 0 Å². The number of H-pyrrole nitrogens is 1. The third kappa shape index (κ3) is 3.46. The molecular formula is C22H20N2O4S. The standard InChI is InChI=1S/C22H20N2O4S/c25-21-12-16(15-3-1-2-4-17(15)23-21)22(26)24-8-7-20(29-10-9-24)14-5-6-18-19(11-14)28-13-27-18/h1-6,11-12,20H,7-10,13H2,(H,23,25). The van der Waals surface area contributed by atoms with Crippen LogP contribution in [-0.2, 0) is 0 Å². The van der Waals surface area contributed by atoms with Gasteiger partial charge in [-0.25, -0.2) is 0 Å². The van der Waals surface area contributed by atoms with Gasteiger partial charge in [-0.15, -0.1) is 0 Å². The van der Waals surface area contributed by atoms with Crippen LogP contribution in [0.2, 0.25) is 0 Å². The highest BCUT2D eigenvalue weighted by molar-refractivity contribution is 7.99. The third-order valence-electron chi connectivity index (χ3n) is 5.38. The lowest BCUT2D eigenvalue weighted by Gasteiger charge is -2.21. The molecule has 0 radical (unpaired) electrons. The SMILES string of the molecule is O=C(c1cc(=O)[nH]c2ccccc12)N1CCSC(c2ccc3c(c2)OCO3)CC1. The van der Waals surface area contributed by atoms with Crippen molar-refractivity contribution in [2.45, 2.75) is 11.7 Å². The van der Waals surface area contributed by atoms with Gasteiger partial charge in [0.2, 0.25) is 12.4 Å². The van der Waals surface area contributed by atoms with Gasteiger partial charge >= 0.3 is 0 Å². The maximum Gasteiger partial charge on any atom is 0.254 e. The van der Waals surface area contributed by atoms with Gasteiger partial charge in [0.1, 0.15) is 0 Å². The zero-order chi connectivity index (χ0) is 19.8. The number of aromatic nitrogens is 1. The van der Waals surface area contributed by atoms with Crippen LogP contribution in [0.4, 0.5) is 0 Å². The summed E-state index contributed by atoms with van der Waals surface area (Å²) in [6.07, 6.45) is 0.844. The number of benzene rings is 2. The van der Waals surface area contributed by atoms with Gasteiger partial charge < -0.3 is 19.4 Å². The molecular weight excluding hydrogens is 388 g/mol. The highest BCUT2D eigenvalue weighted by atomic mass is 32.2. The number of rotatable bonds is 2. The van der Waals surface area contributed by atoms with E-state index in [9.17, 15) is 9.59 Å². The first-order valence-electron chi connectivity index (χ1n) is 9.61. The van der Waals surface area contributed by atoms with Crippen LogP contribution in [0.25, 0.3) is 10.9 Å². The summed E-state index contributed by atoms with van der Waals surface area (Å²) in [6, 6.07) is 14.9. The Morgan fingerprint density at radius 1 is 1.07 bits per heavy atom. The van der Waals surface area contributed by atoms with Crippen molar-refractivity contribution in [3.05, 3.63) is 70.0 Å². The van der Waals surface area contributed by atoms with Gasteiger partial charge in [0.15, 0.2) is 11.5 Å². The fourth-order valence-corrected chi connectivity index (χ4v) is 5.13. The molecule has 2 aromatic carbocycles. The van der Waals surface area contributed by atoms with E-state index < -0.39 is 0 Å². The van der Waals surface area contributed by atoms with Crippen LogP contribution in [-0.4, -0.2) is 41.4 Å². The van der Waals surface area contributed by atoms with Gasteiger partial charge in [0.25, 0.3) is 5.91 Å². The number of carbonyl (C=O) groups excluding carboxylic acids is 1. The van der Waals surface area contributed by atoms with E-state index in [1.807, 2.05) is 53.1 Å². The van der Waals surface area contributed by atoms with Crippen molar-refractivity contribution in [3.8, 4) is 11.5 Å². The molecule has 7 heteroatoms. The number of para-hydroxylation sites is 1. The summed E-state index contributed by atoms with van der Waals surface area (Å²) in [5, 5.41) is 1.07. The lowest BCUT2D eigenvalue weighted by Crippen LogP contribution is -2.33. The molecule has 3 heterocycles. The maximum atomic E-state index is 13.2. The molecule has 2 aliphatic heterocycles. The van der Waals surface area contributed by atoms with E-state index in [-0.39, 0.29) is 18.3 Å². The fraction of sp³-hybridized carbons (Fsp3) is 0.273. The van der Waals surface area contributed by atoms with Crippen LogP contribution in [0.5, 0.6) is 11.5 Å². The third-order valence-corrected chi connectivity index (χ3v) is 6.71. The number of ether oxygens (including phenoxy) is 2. The van der Waals surface area contributed by atoms with Crippen LogP contribution in [0.15, 0.2) is 53.3 Å². The maximum absolute atomic E-state index is 13.2. The molecule has 1 fully saturated rings. The van der Waals surface area contributed by atoms with Crippen molar-refractivity contribution in [1.82, 2.24) is 9.88 Å². The van der Waals surface area contributed by atoms with E-state index in [0.29, 0.717) is 29.4 Å². The number of hydrogen-bond donors (Lipinski definition) is 1. The summed E-state index contributed by atoms with van der Waals surface area (Å²) < 4.78 is 10.9. The van der Waals surface area contributed by atoms with Gasteiger partial charge in [0.05, 0.1) is 5.56 Å². The van der Waals surface area contributed by atoms with Gasteiger partial charge in [-0.1, -0.05) is 24.3 Å². The number of thioether (sulfide) groups is 1. The molecule has 6 nitrogen and oxygen atoms in total. The molecule has 3 aromatic rings. The topological polar surface area (TPSA) is 71.6 Å². The zero-order valence-corrected chi connectivity index (χ0v) is 16.5. The van der Waals surface area contributed by atoms with E-state index in [4.69, 9.17) is 9.47 Å². The zero-order valence-electron chi connectivity index (χ0n) is 15.7. The summed E-state index contributed by atoms with van der Waals surface area (Å²) in [7, 11) is 0. The minimum absolute atomic E-state index is 0.0840. The van der Waals surface area contributed by atoms with Crippen molar-refractivity contribution in [2.24, 2.45) is 0 Å². The van der Waals surface area contributed by atoms with E-state index in [1.54, 1.807) is 0 Å². The molecule has 2 aliphatic rings. The van der Waals surface area contributed by atoms with Crippen molar-refractivity contribution in [2.75, 3.05) is 25.6 Å². The average molecular weight is 408 g/mol. The van der Waals surface area contributed by atoms with Crippen molar-refractivity contribution in [1.29, 1.82) is 0 Å². The number of carbonyl (C=O) groups is 1. The Labute approximate surface area is 171 Å². The molecule has 1 atom stereocenters. The fourth-order valence-electron chi connectivity index (χ4n) is 3.90. The number of hydrogen-bond acceptors (Lipinski definition) is 5. The van der Waals surface area contributed by atoms with E-state index >= 15 is 0 Å². The minimum Gasteiger partial charge on any atom is -0.454 e. The van der Waals surface area contributed by atoms with Crippen LogP contribution in [0.1, 0.15) is 27.6 Å². The Bertz CT molecular complexity index is 1140. The second-order valence-corrected chi connectivity index (χ2v) is 8.46. The van der Waals surface area contributed by atoms with E-state index in [0.717, 1.165) is 29.1 Å². The highest BCUT2D eigenvalue weighted by Crippen LogP contribution is 2.40. The molecule has 0 saturated carbocycles. The number of fused-ring (bicyclic) bond motifs is 2. The molecule has 29 heavy (non-hydrogen) atoms. The normalized spacial score (nSPS) is 18.6. The average Bonchev–Trinajstić information content (AvgIpc) is 3.07. The van der Waals surface area contributed by atoms with Crippen molar-refractivity contribution >= 4 is 28.6 Å². The molecule has 5 rings (SSSR count). The second kappa shape index (κ2) is 7.48. The Morgan fingerprint density at radius 2 is 1.93 bits per heavy atom.